The molecule has 2 N–H and O–H groups in total. The molecule has 2 rings (SSSR count). The maximum absolute atomic E-state index is 12.4. The number of aromatic nitrogens is 1. The summed E-state index contributed by atoms with van der Waals surface area (Å²) >= 11 is 5.96. The highest BCUT2D eigenvalue weighted by molar-refractivity contribution is 6.31. The molecule has 0 aliphatic heterocycles. The van der Waals surface area contributed by atoms with Crippen LogP contribution in [0.25, 0.3) is 0 Å². The molecule has 1 aliphatic carbocycles. The van der Waals surface area contributed by atoms with Gasteiger partial charge in [0.05, 0.1) is 5.02 Å². The van der Waals surface area contributed by atoms with Gasteiger partial charge in [-0.3, -0.25) is 4.79 Å². The number of aliphatic carboxylic acids is 1. The Morgan fingerprint density at radius 1 is 1.55 bits per heavy atom. The standard InChI is InChI=1S/C14H19ClN2O3/c1-3-6-14(2,13(19)20)16-12(18)11-7-9(15)8-17(11)10-4-5-10/h7-8,10H,3-6H2,1-2H3,(H,16,18)(H,19,20). The largest absolute Gasteiger partial charge is 0.480 e. The number of hydrogen-bond donors (Lipinski definition) is 2. The first-order valence-corrected chi connectivity index (χ1v) is 7.18. The molecule has 0 aromatic carbocycles. The molecule has 1 aromatic heterocycles. The second-order valence-corrected chi connectivity index (χ2v) is 5.96. The summed E-state index contributed by atoms with van der Waals surface area (Å²) in [6.07, 6.45) is 4.83. The van der Waals surface area contributed by atoms with E-state index in [0.29, 0.717) is 29.6 Å². The molecule has 1 unspecified atom stereocenters. The lowest BCUT2D eigenvalue weighted by molar-refractivity contribution is -0.144. The van der Waals surface area contributed by atoms with Crippen molar-refractivity contribution in [1.29, 1.82) is 0 Å². The number of carboxylic acid groups (broad SMARTS) is 1. The van der Waals surface area contributed by atoms with Gasteiger partial charge in [0.2, 0.25) is 0 Å². The highest BCUT2D eigenvalue weighted by atomic mass is 35.5. The summed E-state index contributed by atoms with van der Waals surface area (Å²) in [5, 5.41) is 12.4. The van der Waals surface area contributed by atoms with Gasteiger partial charge in [-0.05, 0) is 32.3 Å². The number of rotatable bonds is 6. The van der Waals surface area contributed by atoms with Gasteiger partial charge >= 0.3 is 5.97 Å². The number of carbonyl (C=O) groups excluding carboxylic acids is 1. The molecule has 0 spiro atoms. The van der Waals surface area contributed by atoms with Crippen LogP contribution in [0.2, 0.25) is 5.02 Å². The van der Waals surface area contributed by atoms with E-state index in [1.807, 2.05) is 11.5 Å². The average Bonchev–Trinajstić information content (AvgIpc) is 3.12. The lowest BCUT2D eigenvalue weighted by Crippen LogP contribution is -2.52. The molecule has 5 nitrogen and oxygen atoms in total. The van der Waals surface area contributed by atoms with Crippen molar-refractivity contribution in [1.82, 2.24) is 9.88 Å². The number of halogens is 1. The van der Waals surface area contributed by atoms with Gasteiger partial charge in [-0.25, -0.2) is 4.79 Å². The van der Waals surface area contributed by atoms with Crippen LogP contribution < -0.4 is 5.32 Å². The summed E-state index contributed by atoms with van der Waals surface area (Å²) in [5.41, 5.74) is -0.821. The van der Waals surface area contributed by atoms with E-state index in [9.17, 15) is 14.7 Å². The molecule has 20 heavy (non-hydrogen) atoms. The molecule has 110 valence electrons. The van der Waals surface area contributed by atoms with Crippen molar-refractivity contribution in [3.05, 3.63) is 23.0 Å². The Hall–Kier alpha value is -1.49. The van der Waals surface area contributed by atoms with Crippen LogP contribution in [0.5, 0.6) is 0 Å². The Morgan fingerprint density at radius 3 is 2.70 bits per heavy atom. The first-order valence-electron chi connectivity index (χ1n) is 6.80. The van der Waals surface area contributed by atoms with E-state index >= 15 is 0 Å². The Morgan fingerprint density at radius 2 is 2.20 bits per heavy atom. The fourth-order valence-electron chi connectivity index (χ4n) is 2.32. The third kappa shape index (κ3) is 2.98. The highest BCUT2D eigenvalue weighted by Gasteiger charge is 2.36. The SMILES string of the molecule is CCCC(C)(NC(=O)c1cc(Cl)cn1C1CC1)C(=O)O. The smallest absolute Gasteiger partial charge is 0.329 e. The minimum absolute atomic E-state index is 0.311. The van der Waals surface area contributed by atoms with Gasteiger partial charge in [-0.1, -0.05) is 24.9 Å². The van der Waals surface area contributed by atoms with Crippen LogP contribution in [0.4, 0.5) is 0 Å². The zero-order valence-corrected chi connectivity index (χ0v) is 12.4. The summed E-state index contributed by atoms with van der Waals surface area (Å²) in [7, 11) is 0. The Labute approximate surface area is 122 Å². The van der Waals surface area contributed by atoms with Crippen LogP contribution in [-0.4, -0.2) is 27.1 Å². The van der Waals surface area contributed by atoms with Crippen molar-refractivity contribution in [3.63, 3.8) is 0 Å². The second kappa shape index (κ2) is 5.48. The van der Waals surface area contributed by atoms with E-state index < -0.39 is 11.5 Å². The fraction of sp³-hybridized carbons (Fsp3) is 0.571. The molecule has 1 heterocycles. The first-order chi connectivity index (χ1) is 9.37. The molecule has 1 atom stereocenters. The third-order valence-corrected chi connectivity index (χ3v) is 3.81. The zero-order chi connectivity index (χ0) is 14.9. The molecule has 0 radical (unpaired) electrons. The highest BCUT2D eigenvalue weighted by Crippen LogP contribution is 2.37. The molecule has 1 fully saturated rings. The average molecular weight is 299 g/mol. The van der Waals surface area contributed by atoms with E-state index in [-0.39, 0.29) is 5.91 Å². The number of hydrogen-bond acceptors (Lipinski definition) is 2. The van der Waals surface area contributed by atoms with Crippen molar-refractivity contribution in [2.45, 2.75) is 51.1 Å². The van der Waals surface area contributed by atoms with Crippen LogP contribution in [0, 0.1) is 0 Å². The number of amides is 1. The molecule has 0 bridgehead atoms. The number of carbonyl (C=O) groups is 2. The van der Waals surface area contributed by atoms with E-state index in [0.717, 1.165) is 12.8 Å². The Kier molecular flexibility index (Phi) is 4.09. The summed E-state index contributed by atoms with van der Waals surface area (Å²) in [5.74, 6) is -1.41. The van der Waals surface area contributed by atoms with E-state index in [4.69, 9.17) is 11.6 Å². The van der Waals surface area contributed by atoms with Gasteiger partial charge < -0.3 is 15.0 Å². The van der Waals surface area contributed by atoms with Crippen LogP contribution in [0.1, 0.15) is 56.1 Å². The topological polar surface area (TPSA) is 71.3 Å². The minimum atomic E-state index is -1.25. The van der Waals surface area contributed by atoms with Crippen molar-refractivity contribution in [3.8, 4) is 0 Å². The van der Waals surface area contributed by atoms with Crippen LogP contribution in [-0.2, 0) is 4.79 Å². The van der Waals surface area contributed by atoms with Crippen molar-refractivity contribution in [2.75, 3.05) is 0 Å². The molecule has 6 heteroatoms. The van der Waals surface area contributed by atoms with Crippen LogP contribution in [0.15, 0.2) is 12.3 Å². The van der Waals surface area contributed by atoms with Gasteiger partial charge in [-0.15, -0.1) is 0 Å². The maximum atomic E-state index is 12.4. The predicted molar refractivity (Wildman–Crippen MR) is 76.1 cm³/mol. The summed E-state index contributed by atoms with van der Waals surface area (Å²) in [4.78, 5) is 23.7. The molecule has 0 saturated heterocycles. The van der Waals surface area contributed by atoms with Crippen molar-refractivity contribution >= 4 is 23.5 Å². The molecular weight excluding hydrogens is 280 g/mol. The molecule has 1 aromatic rings. The molecular formula is C14H19ClN2O3. The van der Waals surface area contributed by atoms with Crippen molar-refractivity contribution < 1.29 is 14.7 Å². The van der Waals surface area contributed by atoms with Crippen molar-refractivity contribution in [2.24, 2.45) is 0 Å². The van der Waals surface area contributed by atoms with Gasteiger partial charge in [0.25, 0.3) is 5.91 Å². The lowest BCUT2D eigenvalue weighted by Gasteiger charge is -2.26. The van der Waals surface area contributed by atoms with Gasteiger partial charge in [0.15, 0.2) is 0 Å². The minimum Gasteiger partial charge on any atom is -0.480 e. The zero-order valence-electron chi connectivity index (χ0n) is 11.6. The summed E-state index contributed by atoms with van der Waals surface area (Å²) < 4.78 is 1.84. The third-order valence-electron chi connectivity index (χ3n) is 3.60. The normalized spacial score (nSPS) is 17.6. The monoisotopic (exact) mass is 298 g/mol. The molecule has 1 amide bonds. The quantitative estimate of drug-likeness (QED) is 0.848. The Balaban J connectivity index is 2.21. The maximum Gasteiger partial charge on any atom is 0.329 e. The Bertz CT molecular complexity index is 537. The molecule has 1 aliphatic rings. The van der Waals surface area contributed by atoms with Gasteiger partial charge in [0.1, 0.15) is 11.2 Å². The van der Waals surface area contributed by atoms with E-state index in [2.05, 4.69) is 5.32 Å². The van der Waals surface area contributed by atoms with Gasteiger partial charge in [0, 0.05) is 12.2 Å². The summed E-state index contributed by atoms with van der Waals surface area (Å²) in [6.45, 7) is 3.42. The fourth-order valence-corrected chi connectivity index (χ4v) is 2.53. The second-order valence-electron chi connectivity index (χ2n) is 5.52. The number of carboxylic acids is 1. The molecule has 1 saturated carbocycles. The van der Waals surface area contributed by atoms with Gasteiger partial charge in [-0.2, -0.15) is 0 Å². The van der Waals surface area contributed by atoms with E-state index in [1.54, 1.807) is 12.3 Å². The number of nitrogens with one attached hydrogen (secondary N) is 1. The summed E-state index contributed by atoms with van der Waals surface area (Å²) in [6, 6.07) is 1.90. The lowest BCUT2D eigenvalue weighted by atomic mass is 9.96. The number of nitrogens with zero attached hydrogens (tertiary/aromatic N) is 1. The van der Waals surface area contributed by atoms with E-state index in [1.165, 1.54) is 6.92 Å². The van der Waals surface area contributed by atoms with Crippen LogP contribution >= 0.6 is 11.6 Å². The van der Waals surface area contributed by atoms with Crippen LogP contribution in [0.3, 0.4) is 0 Å². The first kappa shape index (κ1) is 14.9. The predicted octanol–water partition coefficient (Wildman–Crippen LogP) is 2.85.